The molecule has 0 saturated carbocycles. The van der Waals surface area contributed by atoms with Gasteiger partial charge in [0, 0.05) is 0 Å². The highest BCUT2D eigenvalue weighted by Crippen LogP contribution is 1.98. The molecule has 0 amide bonds. The second-order valence-electron chi connectivity index (χ2n) is 1.75. The van der Waals surface area contributed by atoms with E-state index in [1.54, 1.807) is 0 Å². The van der Waals surface area contributed by atoms with Crippen LogP contribution in [0.3, 0.4) is 0 Å². The number of carbonyl (C=O) groups excluding carboxylic acids is 2. The number of hydrogen-bond acceptors (Lipinski definition) is 4. The van der Waals surface area contributed by atoms with E-state index in [1.807, 2.05) is 0 Å². The van der Waals surface area contributed by atoms with Crippen molar-refractivity contribution in [2.24, 2.45) is 0 Å². The van der Waals surface area contributed by atoms with Crippen LogP contribution in [0.1, 0.15) is 12.8 Å². The summed E-state index contributed by atoms with van der Waals surface area (Å²) < 4.78 is 9.06. The fourth-order valence-electron chi connectivity index (χ4n) is 0.470. The molecule has 0 aliphatic carbocycles. The molecule has 12 heavy (non-hydrogen) atoms. The minimum Gasteiger partial charge on any atom is -0.454 e. The van der Waals surface area contributed by atoms with Crippen LogP contribution < -0.4 is 0 Å². The van der Waals surface area contributed by atoms with Crippen LogP contribution in [0.25, 0.3) is 0 Å². The monoisotopic (exact) mass is 302 g/mol. The fourth-order valence-corrected chi connectivity index (χ4v) is 0.981. The summed E-state index contributed by atoms with van der Waals surface area (Å²) in [4.78, 5) is 21.4. The summed E-state index contributed by atoms with van der Waals surface area (Å²) in [6.07, 6.45) is 0.106. The Morgan fingerprint density at radius 3 is 1.50 bits per heavy atom. The van der Waals surface area contributed by atoms with Gasteiger partial charge in [0.2, 0.25) is 0 Å². The molecule has 70 valence electrons. The highest BCUT2D eigenvalue weighted by atomic mass is 79.9. The molecule has 0 fully saturated rings. The van der Waals surface area contributed by atoms with Crippen LogP contribution in [0.5, 0.6) is 0 Å². The summed E-state index contributed by atoms with van der Waals surface area (Å²) in [5.74, 6) is -0.836. The number of alkyl halides is 2. The van der Waals surface area contributed by atoms with Gasteiger partial charge in [0.25, 0.3) is 0 Å². The first-order valence-corrected chi connectivity index (χ1v) is 5.38. The molecule has 0 rings (SSSR count). The predicted molar refractivity (Wildman–Crippen MR) is 49.0 cm³/mol. The van der Waals surface area contributed by atoms with Crippen LogP contribution in [0.2, 0.25) is 0 Å². The van der Waals surface area contributed by atoms with Crippen LogP contribution in [-0.2, 0) is 19.1 Å². The SMILES string of the molecule is O=C(CCC(=O)OCBr)OCBr. The highest BCUT2D eigenvalue weighted by molar-refractivity contribution is 9.09. The number of rotatable bonds is 5. The Labute approximate surface area is 86.8 Å². The molecule has 0 radical (unpaired) electrons. The van der Waals surface area contributed by atoms with E-state index in [1.165, 1.54) is 0 Å². The van der Waals surface area contributed by atoms with E-state index in [9.17, 15) is 9.59 Å². The summed E-state index contributed by atoms with van der Waals surface area (Å²) in [6, 6.07) is 0. The van der Waals surface area contributed by atoms with Gasteiger partial charge in [-0.2, -0.15) is 0 Å². The third-order valence-corrected chi connectivity index (χ3v) is 1.42. The van der Waals surface area contributed by atoms with Crippen molar-refractivity contribution in [3.63, 3.8) is 0 Å². The lowest BCUT2D eigenvalue weighted by Gasteiger charge is -2.00. The van der Waals surface area contributed by atoms with Crippen molar-refractivity contribution >= 4 is 43.8 Å². The van der Waals surface area contributed by atoms with E-state index in [2.05, 4.69) is 41.3 Å². The minimum absolute atomic E-state index is 0.0530. The van der Waals surface area contributed by atoms with Crippen molar-refractivity contribution in [3.8, 4) is 0 Å². The Morgan fingerprint density at radius 1 is 0.917 bits per heavy atom. The molecule has 0 aromatic heterocycles. The summed E-state index contributed by atoms with van der Waals surface area (Å²) in [7, 11) is 0. The quantitative estimate of drug-likeness (QED) is 0.571. The molecule has 0 saturated heterocycles. The lowest BCUT2D eigenvalue weighted by molar-refractivity contribution is -0.147. The highest BCUT2D eigenvalue weighted by Gasteiger charge is 2.07. The van der Waals surface area contributed by atoms with Crippen molar-refractivity contribution in [1.29, 1.82) is 0 Å². The number of hydrogen-bond donors (Lipinski definition) is 0. The zero-order valence-electron chi connectivity index (χ0n) is 6.22. The average Bonchev–Trinajstić information content (AvgIpc) is 2.02. The Morgan fingerprint density at radius 2 is 1.25 bits per heavy atom. The lowest BCUT2D eigenvalue weighted by atomic mass is 10.3. The van der Waals surface area contributed by atoms with E-state index in [0.29, 0.717) is 0 Å². The molecule has 0 bridgehead atoms. The summed E-state index contributed by atoms with van der Waals surface area (Å²) in [6.45, 7) is 0. The molecule has 0 aromatic rings. The van der Waals surface area contributed by atoms with Crippen molar-refractivity contribution < 1.29 is 19.1 Å². The molecule has 0 unspecified atom stereocenters. The van der Waals surface area contributed by atoms with Gasteiger partial charge in [0.15, 0.2) is 0 Å². The lowest BCUT2D eigenvalue weighted by Crippen LogP contribution is -2.08. The predicted octanol–water partition coefficient (Wildman–Crippen LogP) is 1.56. The van der Waals surface area contributed by atoms with E-state index in [4.69, 9.17) is 0 Å². The van der Waals surface area contributed by atoms with Gasteiger partial charge in [-0.25, -0.2) is 0 Å². The fraction of sp³-hybridized carbons (Fsp3) is 0.667. The van der Waals surface area contributed by atoms with Crippen molar-refractivity contribution in [1.82, 2.24) is 0 Å². The molecule has 0 aromatic carbocycles. The number of carbonyl (C=O) groups is 2. The first-order chi connectivity index (χ1) is 5.70. The molecule has 0 aliphatic heterocycles. The van der Waals surface area contributed by atoms with E-state index in [-0.39, 0.29) is 23.9 Å². The summed E-state index contributed by atoms with van der Waals surface area (Å²) in [5.41, 5.74) is 0.304. The Kier molecular flexibility index (Phi) is 7.48. The van der Waals surface area contributed by atoms with Gasteiger partial charge in [0.1, 0.15) is 11.0 Å². The van der Waals surface area contributed by atoms with Crippen molar-refractivity contribution in [2.75, 3.05) is 11.0 Å². The third-order valence-electron chi connectivity index (χ3n) is 0.964. The summed E-state index contributed by atoms with van der Waals surface area (Å²) >= 11 is 5.84. The maximum Gasteiger partial charge on any atom is 0.307 e. The number of halogens is 2. The van der Waals surface area contributed by atoms with Crippen LogP contribution >= 0.6 is 31.9 Å². The molecule has 4 nitrogen and oxygen atoms in total. The van der Waals surface area contributed by atoms with Gasteiger partial charge in [-0.05, 0) is 31.9 Å². The summed E-state index contributed by atoms with van der Waals surface area (Å²) in [5, 5.41) is 0. The second kappa shape index (κ2) is 7.54. The van der Waals surface area contributed by atoms with Gasteiger partial charge in [0.05, 0.1) is 12.8 Å². The molecule has 0 atom stereocenters. The smallest absolute Gasteiger partial charge is 0.307 e. The van der Waals surface area contributed by atoms with Gasteiger partial charge in [-0.15, -0.1) is 0 Å². The van der Waals surface area contributed by atoms with Gasteiger partial charge in [-0.1, -0.05) is 0 Å². The van der Waals surface area contributed by atoms with Crippen LogP contribution in [-0.4, -0.2) is 23.0 Å². The van der Waals surface area contributed by atoms with Crippen molar-refractivity contribution in [3.05, 3.63) is 0 Å². The van der Waals surface area contributed by atoms with Crippen LogP contribution in [0, 0.1) is 0 Å². The first-order valence-electron chi connectivity index (χ1n) is 3.14. The number of ether oxygens (including phenoxy) is 2. The Bertz CT molecular complexity index is 142. The third kappa shape index (κ3) is 6.60. The van der Waals surface area contributed by atoms with E-state index >= 15 is 0 Å². The standard InChI is InChI=1S/C6H8Br2O4/c7-3-11-5(9)1-2-6(10)12-4-8/h1-4H2. The van der Waals surface area contributed by atoms with Gasteiger partial charge >= 0.3 is 11.9 Å². The van der Waals surface area contributed by atoms with E-state index < -0.39 is 11.9 Å². The topological polar surface area (TPSA) is 52.6 Å². The molecule has 6 heteroatoms. The largest absolute Gasteiger partial charge is 0.454 e. The molecular formula is C6H8Br2O4. The molecule has 0 heterocycles. The molecule has 0 spiro atoms. The maximum atomic E-state index is 10.7. The maximum absolute atomic E-state index is 10.7. The van der Waals surface area contributed by atoms with Crippen LogP contribution in [0.15, 0.2) is 0 Å². The molecular weight excluding hydrogens is 296 g/mol. The van der Waals surface area contributed by atoms with Gasteiger partial charge in [-0.3, -0.25) is 9.59 Å². The van der Waals surface area contributed by atoms with Crippen molar-refractivity contribution in [2.45, 2.75) is 12.8 Å². The number of esters is 2. The zero-order chi connectivity index (χ0) is 9.40. The first kappa shape index (κ1) is 11.9. The van der Waals surface area contributed by atoms with E-state index in [0.717, 1.165) is 0 Å². The van der Waals surface area contributed by atoms with Gasteiger partial charge < -0.3 is 9.47 Å². The normalized spacial score (nSPS) is 9.17. The Hall–Kier alpha value is -0.100. The minimum atomic E-state index is -0.418. The van der Waals surface area contributed by atoms with Crippen LogP contribution in [0.4, 0.5) is 0 Å². The average molecular weight is 304 g/mol. The second-order valence-corrected chi connectivity index (χ2v) is 2.67. The zero-order valence-corrected chi connectivity index (χ0v) is 9.39. The molecule has 0 N–H and O–H groups in total. The molecule has 0 aliphatic rings. The Balaban J connectivity index is 3.40.